The first-order valence-electron chi connectivity index (χ1n) is 5.44. The molecule has 1 rings (SSSR count). The minimum Gasteiger partial charge on any atom is -0.491 e. The van der Waals surface area contributed by atoms with Crippen LogP contribution in [0, 0.1) is 0 Å². The zero-order valence-electron chi connectivity index (χ0n) is 9.83. The van der Waals surface area contributed by atoms with E-state index in [1.807, 2.05) is 13.8 Å². The fourth-order valence-electron chi connectivity index (χ4n) is 1.23. The molecule has 0 fully saturated rings. The van der Waals surface area contributed by atoms with Crippen LogP contribution in [-0.2, 0) is 4.74 Å². The van der Waals surface area contributed by atoms with Crippen molar-refractivity contribution in [1.29, 1.82) is 0 Å². The van der Waals surface area contributed by atoms with Gasteiger partial charge in [0.1, 0.15) is 12.4 Å². The number of halogens is 3. The molecule has 0 aliphatic heterocycles. The number of benzene rings is 1. The van der Waals surface area contributed by atoms with Crippen LogP contribution in [0.5, 0.6) is 5.75 Å². The van der Waals surface area contributed by atoms with Crippen molar-refractivity contribution < 1.29 is 22.4 Å². The molecule has 2 nitrogen and oxygen atoms in total. The highest BCUT2D eigenvalue weighted by molar-refractivity contribution is 6.73. The standard InChI is InChI=1S/C11H15BF3O2/c1-9(2)16-7-8-17-11-5-3-10(4-6-11)12(13,14)15/h3-6,9H,7-8H2,1-2H3/q-1. The summed E-state index contributed by atoms with van der Waals surface area (Å²) in [6.45, 7) is -0.375. The summed E-state index contributed by atoms with van der Waals surface area (Å²) < 4.78 is 47.4. The molecule has 17 heavy (non-hydrogen) atoms. The molecule has 1 aromatic rings. The Morgan fingerprint density at radius 2 is 1.65 bits per heavy atom. The first-order valence-corrected chi connectivity index (χ1v) is 5.44. The molecule has 0 unspecified atom stereocenters. The molecule has 0 radical (unpaired) electrons. The van der Waals surface area contributed by atoms with Crippen LogP contribution in [0.3, 0.4) is 0 Å². The summed E-state index contributed by atoms with van der Waals surface area (Å²) in [6, 6.07) is 4.69. The number of rotatable bonds is 6. The zero-order chi connectivity index (χ0) is 12.9. The summed E-state index contributed by atoms with van der Waals surface area (Å²) in [7, 11) is 0. The Labute approximate surface area is 98.8 Å². The van der Waals surface area contributed by atoms with E-state index in [0.29, 0.717) is 19.0 Å². The SMILES string of the molecule is CC(C)OCCOc1ccc([B-](F)(F)F)cc1. The summed E-state index contributed by atoms with van der Waals surface area (Å²) >= 11 is 0. The van der Waals surface area contributed by atoms with Gasteiger partial charge in [-0.3, -0.25) is 0 Å². The zero-order valence-corrected chi connectivity index (χ0v) is 9.83. The van der Waals surface area contributed by atoms with E-state index in [4.69, 9.17) is 9.47 Å². The largest absolute Gasteiger partial charge is 0.509 e. The minimum absolute atomic E-state index is 0.119. The van der Waals surface area contributed by atoms with Gasteiger partial charge < -0.3 is 22.4 Å². The monoisotopic (exact) mass is 247 g/mol. The maximum atomic E-state index is 12.3. The number of hydrogen-bond donors (Lipinski definition) is 0. The molecule has 0 saturated heterocycles. The van der Waals surface area contributed by atoms with Gasteiger partial charge in [0.05, 0.1) is 12.7 Å². The molecule has 0 aliphatic rings. The fourth-order valence-corrected chi connectivity index (χ4v) is 1.23. The van der Waals surface area contributed by atoms with Crippen molar-refractivity contribution in [2.75, 3.05) is 13.2 Å². The molecule has 0 saturated carbocycles. The van der Waals surface area contributed by atoms with Gasteiger partial charge in [0.2, 0.25) is 0 Å². The van der Waals surface area contributed by atoms with Crippen LogP contribution in [0.2, 0.25) is 0 Å². The van der Waals surface area contributed by atoms with Crippen molar-refractivity contribution in [3.8, 4) is 5.75 Å². The van der Waals surface area contributed by atoms with Crippen LogP contribution >= 0.6 is 0 Å². The van der Waals surface area contributed by atoms with Gasteiger partial charge in [-0.2, -0.15) is 0 Å². The lowest BCUT2D eigenvalue weighted by atomic mass is 9.80. The second-order valence-electron chi connectivity index (χ2n) is 3.91. The Morgan fingerprint density at radius 1 is 1.06 bits per heavy atom. The normalized spacial score (nSPS) is 11.9. The highest BCUT2D eigenvalue weighted by Gasteiger charge is 2.24. The molecule has 0 atom stereocenters. The van der Waals surface area contributed by atoms with Gasteiger partial charge in [-0.15, -0.1) is 5.46 Å². The Morgan fingerprint density at radius 3 is 2.12 bits per heavy atom. The Balaban J connectivity index is 2.41. The molecule has 0 bridgehead atoms. The van der Waals surface area contributed by atoms with E-state index < -0.39 is 12.4 Å². The Bertz CT molecular complexity index is 336. The lowest BCUT2D eigenvalue weighted by molar-refractivity contribution is 0.0553. The molecule has 0 spiro atoms. The van der Waals surface area contributed by atoms with Crippen molar-refractivity contribution in [2.24, 2.45) is 0 Å². The molecule has 0 amide bonds. The van der Waals surface area contributed by atoms with Crippen molar-refractivity contribution in [1.82, 2.24) is 0 Å². The van der Waals surface area contributed by atoms with Gasteiger partial charge in [0.15, 0.2) is 0 Å². The first kappa shape index (κ1) is 13.9. The van der Waals surface area contributed by atoms with Gasteiger partial charge in [-0.25, -0.2) is 0 Å². The second-order valence-corrected chi connectivity index (χ2v) is 3.91. The molecule has 0 heterocycles. The van der Waals surface area contributed by atoms with Crippen LogP contribution in [0.25, 0.3) is 0 Å². The summed E-state index contributed by atoms with van der Waals surface area (Å²) in [5.74, 6) is 0.418. The third kappa shape index (κ3) is 5.13. The summed E-state index contributed by atoms with van der Waals surface area (Å²) in [5, 5.41) is 0. The lowest BCUT2D eigenvalue weighted by Crippen LogP contribution is -2.33. The molecule has 1 aromatic carbocycles. The number of ether oxygens (including phenoxy) is 2. The van der Waals surface area contributed by atoms with E-state index in [-0.39, 0.29) is 6.10 Å². The average Bonchev–Trinajstić information content (AvgIpc) is 2.23. The smallest absolute Gasteiger partial charge is 0.491 e. The van der Waals surface area contributed by atoms with Crippen LogP contribution in [0.4, 0.5) is 12.9 Å². The molecular formula is C11H15BF3O2-. The highest BCUT2D eigenvalue weighted by atomic mass is 19.4. The average molecular weight is 247 g/mol. The Hall–Kier alpha value is -1.17. The van der Waals surface area contributed by atoms with Crippen LogP contribution in [0.15, 0.2) is 24.3 Å². The van der Waals surface area contributed by atoms with Crippen LogP contribution in [0.1, 0.15) is 13.8 Å². The minimum atomic E-state index is -4.93. The van der Waals surface area contributed by atoms with Gasteiger partial charge >= 0.3 is 6.98 Å². The highest BCUT2D eigenvalue weighted by Crippen LogP contribution is 2.13. The third-order valence-electron chi connectivity index (χ3n) is 2.06. The third-order valence-corrected chi connectivity index (χ3v) is 2.06. The molecule has 96 valence electrons. The van der Waals surface area contributed by atoms with Gasteiger partial charge in [0, 0.05) is 0 Å². The Kier molecular flexibility index (Phi) is 4.87. The number of hydrogen-bond acceptors (Lipinski definition) is 2. The van der Waals surface area contributed by atoms with Crippen molar-refractivity contribution in [3.63, 3.8) is 0 Å². The van der Waals surface area contributed by atoms with Crippen molar-refractivity contribution >= 4 is 12.4 Å². The fraction of sp³-hybridized carbons (Fsp3) is 0.455. The second kappa shape index (κ2) is 5.96. The van der Waals surface area contributed by atoms with E-state index in [9.17, 15) is 12.9 Å². The topological polar surface area (TPSA) is 18.5 Å². The van der Waals surface area contributed by atoms with Gasteiger partial charge in [-0.05, 0) is 26.0 Å². The van der Waals surface area contributed by atoms with Crippen LogP contribution < -0.4 is 10.2 Å². The summed E-state index contributed by atoms with van der Waals surface area (Å²) in [4.78, 5) is 0. The molecule has 0 aliphatic carbocycles. The van der Waals surface area contributed by atoms with Gasteiger partial charge in [-0.1, -0.05) is 12.1 Å². The maximum absolute atomic E-state index is 12.3. The summed E-state index contributed by atoms with van der Waals surface area (Å²) in [6.07, 6.45) is 0.119. The first-order chi connectivity index (χ1) is 7.89. The molecule has 0 N–H and O–H groups in total. The lowest BCUT2D eigenvalue weighted by Gasteiger charge is -2.15. The predicted molar refractivity (Wildman–Crippen MR) is 61.7 cm³/mol. The summed E-state index contributed by atoms with van der Waals surface area (Å²) in [5.41, 5.74) is -0.615. The molecular weight excluding hydrogens is 232 g/mol. The molecule has 0 aromatic heterocycles. The van der Waals surface area contributed by atoms with Gasteiger partial charge in [0.25, 0.3) is 0 Å². The van der Waals surface area contributed by atoms with E-state index in [1.165, 1.54) is 12.1 Å². The maximum Gasteiger partial charge on any atom is 0.509 e. The van der Waals surface area contributed by atoms with Crippen LogP contribution in [-0.4, -0.2) is 26.3 Å². The predicted octanol–water partition coefficient (Wildman–Crippen LogP) is 2.54. The van der Waals surface area contributed by atoms with Crippen molar-refractivity contribution in [3.05, 3.63) is 24.3 Å². The van der Waals surface area contributed by atoms with E-state index in [2.05, 4.69) is 0 Å². The van der Waals surface area contributed by atoms with E-state index in [1.54, 1.807) is 0 Å². The molecule has 6 heteroatoms. The van der Waals surface area contributed by atoms with E-state index in [0.717, 1.165) is 12.1 Å². The van der Waals surface area contributed by atoms with Crippen molar-refractivity contribution in [2.45, 2.75) is 20.0 Å². The van der Waals surface area contributed by atoms with E-state index >= 15 is 0 Å². The quantitative estimate of drug-likeness (QED) is 0.568.